The Morgan fingerprint density at radius 3 is 2.27 bits per heavy atom. The molecule has 2 N–H and O–H groups in total. The normalized spacial score (nSPS) is 12.2. The van der Waals surface area contributed by atoms with Gasteiger partial charge < -0.3 is 15.4 Å². The number of carbonyl (C=O) groups excluding carboxylic acids is 1. The molecule has 0 heterocycles. The van der Waals surface area contributed by atoms with Gasteiger partial charge in [-0.15, -0.1) is 12.4 Å². The SMILES string of the molecule is CCNCCNC(=O)C(C)Oc1ccc(C(C)(C)C)cc1.Cl. The number of hydrogen-bond acceptors (Lipinski definition) is 3. The van der Waals surface area contributed by atoms with Crippen LogP contribution in [0.4, 0.5) is 0 Å². The van der Waals surface area contributed by atoms with Crippen LogP contribution in [0.1, 0.15) is 40.2 Å². The fourth-order valence-corrected chi connectivity index (χ4v) is 1.89. The Labute approximate surface area is 140 Å². The van der Waals surface area contributed by atoms with Crippen molar-refractivity contribution in [3.8, 4) is 5.75 Å². The molecule has 1 atom stereocenters. The molecule has 1 aromatic rings. The van der Waals surface area contributed by atoms with Crippen LogP contribution >= 0.6 is 12.4 Å². The minimum atomic E-state index is -0.493. The van der Waals surface area contributed by atoms with E-state index >= 15 is 0 Å². The monoisotopic (exact) mass is 328 g/mol. The molecule has 0 aliphatic heterocycles. The van der Waals surface area contributed by atoms with Gasteiger partial charge in [0, 0.05) is 13.1 Å². The highest BCUT2D eigenvalue weighted by molar-refractivity contribution is 5.85. The first kappa shape index (κ1) is 20.7. The van der Waals surface area contributed by atoms with E-state index in [1.54, 1.807) is 6.92 Å². The Morgan fingerprint density at radius 2 is 1.77 bits per heavy atom. The number of hydrogen-bond donors (Lipinski definition) is 2. The van der Waals surface area contributed by atoms with Crippen molar-refractivity contribution in [1.29, 1.82) is 0 Å². The van der Waals surface area contributed by atoms with Crippen LogP contribution in [0.3, 0.4) is 0 Å². The van der Waals surface area contributed by atoms with Crippen molar-refractivity contribution in [3.63, 3.8) is 0 Å². The van der Waals surface area contributed by atoms with Gasteiger partial charge in [-0.05, 0) is 36.6 Å². The van der Waals surface area contributed by atoms with E-state index in [1.807, 2.05) is 31.2 Å². The number of likely N-dealkylation sites (N-methyl/N-ethyl adjacent to an activating group) is 1. The van der Waals surface area contributed by atoms with Crippen LogP contribution in [0.2, 0.25) is 0 Å². The summed E-state index contributed by atoms with van der Waals surface area (Å²) in [4.78, 5) is 11.9. The summed E-state index contributed by atoms with van der Waals surface area (Å²) >= 11 is 0. The maximum absolute atomic E-state index is 11.9. The van der Waals surface area contributed by atoms with Crippen LogP contribution in [0.15, 0.2) is 24.3 Å². The van der Waals surface area contributed by atoms with Gasteiger partial charge in [0.1, 0.15) is 5.75 Å². The molecule has 5 heteroatoms. The molecule has 0 bridgehead atoms. The van der Waals surface area contributed by atoms with Crippen LogP contribution in [-0.2, 0) is 10.2 Å². The van der Waals surface area contributed by atoms with Crippen molar-refractivity contribution in [1.82, 2.24) is 10.6 Å². The van der Waals surface area contributed by atoms with E-state index in [0.29, 0.717) is 6.54 Å². The number of ether oxygens (including phenoxy) is 1. The molecule has 0 radical (unpaired) electrons. The maximum Gasteiger partial charge on any atom is 0.260 e. The second kappa shape index (κ2) is 9.70. The first-order valence-electron chi connectivity index (χ1n) is 7.60. The average molecular weight is 329 g/mol. The van der Waals surface area contributed by atoms with Gasteiger partial charge in [0.2, 0.25) is 0 Å². The smallest absolute Gasteiger partial charge is 0.260 e. The molecular formula is C17H29ClN2O2. The maximum atomic E-state index is 11.9. The van der Waals surface area contributed by atoms with E-state index in [1.165, 1.54) is 5.56 Å². The van der Waals surface area contributed by atoms with Gasteiger partial charge in [0.15, 0.2) is 6.10 Å². The van der Waals surface area contributed by atoms with Crippen LogP contribution in [0.25, 0.3) is 0 Å². The summed E-state index contributed by atoms with van der Waals surface area (Å²) in [5.74, 6) is 0.630. The molecule has 22 heavy (non-hydrogen) atoms. The number of carbonyl (C=O) groups is 1. The highest BCUT2D eigenvalue weighted by Crippen LogP contribution is 2.24. The lowest BCUT2D eigenvalue weighted by molar-refractivity contribution is -0.127. The minimum absolute atomic E-state index is 0. The third kappa shape index (κ3) is 7.14. The summed E-state index contributed by atoms with van der Waals surface area (Å²) in [6.45, 7) is 12.6. The van der Waals surface area contributed by atoms with Gasteiger partial charge in [0.25, 0.3) is 5.91 Å². The lowest BCUT2D eigenvalue weighted by atomic mass is 9.87. The van der Waals surface area contributed by atoms with Crippen molar-refractivity contribution in [2.45, 2.75) is 46.1 Å². The van der Waals surface area contributed by atoms with Crippen LogP contribution in [0.5, 0.6) is 5.75 Å². The highest BCUT2D eigenvalue weighted by atomic mass is 35.5. The second-order valence-electron chi connectivity index (χ2n) is 6.18. The number of rotatable bonds is 7. The zero-order valence-electron chi connectivity index (χ0n) is 14.2. The molecule has 0 saturated heterocycles. The average Bonchev–Trinajstić information content (AvgIpc) is 2.43. The summed E-state index contributed by atoms with van der Waals surface area (Å²) in [6.07, 6.45) is -0.493. The lowest BCUT2D eigenvalue weighted by Gasteiger charge is -2.20. The zero-order chi connectivity index (χ0) is 15.9. The predicted octanol–water partition coefficient (Wildman–Crippen LogP) is 2.90. The topological polar surface area (TPSA) is 50.4 Å². The van der Waals surface area contributed by atoms with Gasteiger partial charge in [0.05, 0.1) is 0 Å². The molecule has 126 valence electrons. The van der Waals surface area contributed by atoms with Gasteiger partial charge >= 0.3 is 0 Å². The van der Waals surface area contributed by atoms with Crippen molar-refractivity contribution < 1.29 is 9.53 Å². The molecule has 1 rings (SSSR count). The van der Waals surface area contributed by atoms with E-state index < -0.39 is 6.10 Å². The predicted molar refractivity (Wildman–Crippen MR) is 94.0 cm³/mol. The molecule has 0 aliphatic rings. The van der Waals surface area contributed by atoms with Crippen molar-refractivity contribution in [3.05, 3.63) is 29.8 Å². The molecule has 1 unspecified atom stereocenters. The Bertz CT molecular complexity index is 441. The fourth-order valence-electron chi connectivity index (χ4n) is 1.89. The van der Waals surface area contributed by atoms with Crippen molar-refractivity contribution >= 4 is 18.3 Å². The number of nitrogens with one attached hydrogen (secondary N) is 2. The summed E-state index contributed by atoms with van der Waals surface area (Å²) in [6, 6.07) is 7.93. The quantitative estimate of drug-likeness (QED) is 0.757. The van der Waals surface area contributed by atoms with Gasteiger partial charge in [-0.2, -0.15) is 0 Å². The molecule has 0 saturated carbocycles. The zero-order valence-corrected chi connectivity index (χ0v) is 15.0. The van der Waals surface area contributed by atoms with Crippen molar-refractivity contribution in [2.24, 2.45) is 0 Å². The number of amides is 1. The Kier molecular flexibility index (Phi) is 9.14. The summed E-state index contributed by atoms with van der Waals surface area (Å²) in [7, 11) is 0. The van der Waals surface area contributed by atoms with E-state index in [4.69, 9.17) is 4.74 Å². The molecule has 0 aliphatic carbocycles. The standard InChI is InChI=1S/C17H28N2O2.ClH/c1-6-18-11-12-19-16(20)13(2)21-15-9-7-14(8-10-15)17(3,4)5;/h7-10,13,18H,6,11-12H2,1-5H3,(H,19,20);1H. The van der Waals surface area contributed by atoms with Crippen LogP contribution in [0, 0.1) is 0 Å². The van der Waals surface area contributed by atoms with E-state index in [2.05, 4.69) is 31.4 Å². The number of benzene rings is 1. The van der Waals surface area contributed by atoms with Crippen LogP contribution in [-0.4, -0.2) is 31.6 Å². The van der Waals surface area contributed by atoms with E-state index in [9.17, 15) is 4.79 Å². The largest absolute Gasteiger partial charge is 0.481 e. The molecule has 1 aromatic carbocycles. The molecule has 0 spiro atoms. The Morgan fingerprint density at radius 1 is 1.18 bits per heavy atom. The van der Waals surface area contributed by atoms with Gasteiger partial charge in [-0.1, -0.05) is 39.8 Å². The lowest BCUT2D eigenvalue weighted by Crippen LogP contribution is -2.39. The van der Waals surface area contributed by atoms with E-state index in [-0.39, 0.29) is 23.7 Å². The van der Waals surface area contributed by atoms with E-state index in [0.717, 1.165) is 18.8 Å². The van der Waals surface area contributed by atoms with Crippen molar-refractivity contribution in [2.75, 3.05) is 19.6 Å². The number of halogens is 1. The minimum Gasteiger partial charge on any atom is -0.481 e. The molecular weight excluding hydrogens is 300 g/mol. The summed E-state index contributed by atoms with van der Waals surface area (Å²) in [5.41, 5.74) is 1.37. The summed E-state index contributed by atoms with van der Waals surface area (Å²) < 4.78 is 5.67. The first-order chi connectivity index (χ1) is 9.84. The van der Waals surface area contributed by atoms with Gasteiger partial charge in [-0.25, -0.2) is 0 Å². The molecule has 0 fully saturated rings. The molecule has 0 aromatic heterocycles. The Hall–Kier alpha value is -1.26. The van der Waals surface area contributed by atoms with Gasteiger partial charge in [-0.3, -0.25) is 4.79 Å². The first-order valence-corrected chi connectivity index (χ1v) is 7.60. The fraction of sp³-hybridized carbons (Fsp3) is 0.588. The molecule has 4 nitrogen and oxygen atoms in total. The third-order valence-electron chi connectivity index (χ3n) is 3.25. The summed E-state index contributed by atoms with van der Waals surface area (Å²) in [5, 5.41) is 6.00. The van der Waals surface area contributed by atoms with Crippen LogP contribution < -0.4 is 15.4 Å². The Balaban J connectivity index is 0.00000441. The highest BCUT2D eigenvalue weighted by Gasteiger charge is 2.16. The molecule has 1 amide bonds. The second-order valence-corrected chi connectivity index (χ2v) is 6.18. The third-order valence-corrected chi connectivity index (χ3v) is 3.25.